The quantitative estimate of drug-likeness (QED) is 0.123. The molecule has 8 heteroatoms. The van der Waals surface area contributed by atoms with E-state index in [1.54, 1.807) is 14.2 Å². The van der Waals surface area contributed by atoms with Crippen molar-refractivity contribution in [3.63, 3.8) is 0 Å². The van der Waals surface area contributed by atoms with Gasteiger partial charge in [0.05, 0.1) is 26.4 Å². The van der Waals surface area contributed by atoms with E-state index >= 15 is 0 Å². The average molecular weight is 699 g/mol. The summed E-state index contributed by atoms with van der Waals surface area (Å²) >= 11 is 0. The van der Waals surface area contributed by atoms with Gasteiger partial charge in [-0.2, -0.15) is 0 Å². The molecule has 2 saturated heterocycles. The number of primary amides is 1. The van der Waals surface area contributed by atoms with Crippen molar-refractivity contribution in [3.8, 4) is 11.5 Å². The Bertz CT molecular complexity index is 1390. The number of rotatable bonds is 21. The number of hydrogen-bond donors (Lipinski definition) is 1. The topological polar surface area (TPSA) is 80.5 Å². The summed E-state index contributed by atoms with van der Waals surface area (Å²) in [6, 6.07) is 27.0. The SMILES string of the molecule is CCOCCN(CCCCCCCN1CC[C@@H](C(C(N)=O)(c2ccccc2)c2ccccc2)C1)C1CCN(Cc2c(OC)cccc2OC)CC1. The fourth-order valence-corrected chi connectivity index (χ4v) is 8.65. The van der Waals surface area contributed by atoms with Gasteiger partial charge in [-0.05, 0) is 101 Å². The lowest BCUT2D eigenvalue weighted by atomic mass is 9.64. The van der Waals surface area contributed by atoms with E-state index in [1.807, 2.05) is 54.6 Å². The predicted octanol–water partition coefficient (Wildman–Crippen LogP) is 6.75. The molecule has 2 aliphatic heterocycles. The van der Waals surface area contributed by atoms with E-state index in [4.69, 9.17) is 19.9 Å². The second-order valence-electron chi connectivity index (χ2n) is 14.3. The van der Waals surface area contributed by atoms with Crippen LogP contribution in [0.1, 0.15) is 75.0 Å². The van der Waals surface area contributed by atoms with Crippen LogP contribution in [0.5, 0.6) is 11.5 Å². The molecule has 2 fully saturated rings. The second kappa shape index (κ2) is 20.0. The van der Waals surface area contributed by atoms with E-state index in [0.717, 1.165) is 100 Å². The maximum Gasteiger partial charge on any atom is 0.232 e. The van der Waals surface area contributed by atoms with E-state index in [1.165, 1.54) is 44.9 Å². The summed E-state index contributed by atoms with van der Waals surface area (Å²) in [6.07, 6.45) is 9.49. The van der Waals surface area contributed by atoms with Gasteiger partial charge in [0.2, 0.25) is 5.91 Å². The molecule has 0 aromatic heterocycles. The molecule has 0 aliphatic carbocycles. The molecule has 8 nitrogen and oxygen atoms in total. The zero-order valence-corrected chi connectivity index (χ0v) is 31.4. The van der Waals surface area contributed by atoms with Gasteiger partial charge in [0.1, 0.15) is 16.9 Å². The normalized spacial score (nSPS) is 17.6. The van der Waals surface area contributed by atoms with E-state index in [0.29, 0.717) is 6.04 Å². The lowest BCUT2D eigenvalue weighted by molar-refractivity contribution is -0.123. The van der Waals surface area contributed by atoms with E-state index in [2.05, 4.69) is 45.9 Å². The molecule has 278 valence electrons. The van der Waals surface area contributed by atoms with Gasteiger partial charge in [-0.3, -0.25) is 14.6 Å². The average Bonchev–Trinajstić information content (AvgIpc) is 3.64. The van der Waals surface area contributed by atoms with Crippen LogP contribution in [0.4, 0.5) is 0 Å². The van der Waals surface area contributed by atoms with Crippen LogP contribution in [0.25, 0.3) is 0 Å². The lowest BCUT2D eigenvalue weighted by Gasteiger charge is -2.39. The molecular formula is C43H62N4O4. The monoisotopic (exact) mass is 698 g/mol. The molecule has 1 amide bonds. The Labute approximate surface area is 307 Å². The number of unbranched alkanes of at least 4 members (excludes halogenated alkanes) is 4. The molecule has 2 aliphatic rings. The zero-order chi connectivity index (χ0) is 35.9. The van der Waals surface area contributed by atoms with Gasteiger partial charge in [-0.15, -0.1) is 0 Å². The van der Waals surface area contributed by atoms with Gasteiger partial charge in [-0.25, -0.2) is 0 Å². The number of ether oxygens (including phenoxy) is 3. The Morgan fingerprint density at radius 2 is 1.35 bits per heavy atom. The minimum absolute atomic E-state index is 0.151. The summed E-state index contributed by atoms with van der Waals surface area (Å²) in [6.45, 7) is 11.8. The number of piperidine rings is 1. The summed E-state index contributed by atoms with van der Waals surface area (Å²) in [5.74, 6) is 1.70. The maximum absolute atomic E-state index is 13.4. The first kappa shape index (κ1) is 38.8. The molecule has 5 rings (SSSR count). The third kappa shape index (κ3) is 9.92. The van der Waals surface area contributed by atoms with Crippen molar-refractivity contribution in [1.82, 2.24) is 14.7 Å². The number of likely N-dealkylation sites (tertiary alicyclic amines) is 2. The summed E-state index contributed by atoms with van der Waals surface area (Å²) in [5.41, 5.74) is 8.64. The van der Waals surface area contributed by atoms with Crippen LogP contribution in [-0.2, 0) is 21.5 Å². The fourth-order valence-electron chi connectivity index (χ4n) is 8.65. The first-order valence-corrected chi connectivity index (χ1v) is 19.4. The third-order valence-electron chi connectivity index (χ3n) is 11.4. The van der Waals surface area contributed by atoms with Gasteiger partial charge in [0.25, 0.3) is 0 Å². The number of benzene rings is 3. The minimum Gasteiger partial charge on any atom is -0.496 e. The van der Waals surface area contributed by atoms with Crippen LogP contribution < -0.4 is 15.2 Å². The molecule has 0 saturated carbocycles. The molecule has 2 heterocycles. The fraction of sp³-hybridized carbons (Fsp3) is 0.558. The largest absolute Gasteiger partial charge is 0.496 e. The van der Waals surface area contributed by atoms with Gasteiger partial charge in [0, 0.05) is 32.3 Å². The lowest BCUT2D eigenvalue weighted by Crippen LogP contribution is -2.49. The van der Waals surface area contributed by atoms with Crippen molar-refractivity contribution in [1.29, 1.82) is 0 Å². The Balaban J connectivity index is 1.05. The minimum atomic E-state index is -0.815. The second-order valence-corrected chi connectivity index (χ2v) is 14.3. The van der Waals surface area contributed by atoms with Gasteiger partial charge < -0.3 is 24.8 Å². The molecule has 51 heavy (non-hydrogen) atoms. The third-order valence-corrected chi connectivity index (χ3v) is 11.4. The Hall–Kier alpha value is -3.43. The highest BCUT2D eigenvalue weighted by atomic mass is 16.5. The summed E-state index contributed by atoms with van der Waals surface area (Å²) in [4.78, 5) is 21.2. The van der Waals surface area contributed by atoms with Crippen LogP contribution in [0.15, 0.2) is 78.9 Å². The summed E-state index contributed by atoms with van der Waals surface area (Å²) in [7, 11) is 3.47. The first-order chi connectivity index (χ1) is 25.0. The van der Waals surface area contributed by atoms with Crippen molar-refractivity contribution in [2.24, 2.45) is 11.7 Å². The Kier molecular flexibility index (Phi) is 15.2. The summed E-state index contributed by atoms with van der Waals surface area (Å²) < 4.78 is 17.1. The number of carbonyl (C=O) groups excluding carboxylic acids is 1. The van der Waals surface area contributed by atoms with Gasteiger partial charge in [0.15, 0.2) is 0 Å². The Morgan fingerprint density at radius 1 is 0.765 bits per heavy atom. The highest BCUT2D eigenvalue weighted by molar-refractivity contribution is 5.91. The Morgan fingerprint density at radius 3 is 1.94 bits per heavy atom. The number of methoxy groups -OCH3 is 2. The van der Waals surface area contributed by atoms with E-state index < -0.39 is 5.41 Å². The van der Waals surface area contributed by atoms with Crippen LogP contribution in [-0.4, -0.2) is 99.9 Å². The van der Waals surface area contributed by atoms with Crippen molar-refractivity contribution >= 4 is 5.91 Å². The predicted molar refractivity (Wildman–Crippen MR) is 206 cm³/mol. The van der Waals surface area contributed by atoms with E-state index in [9.17, 15) is 4.79 Å². The molecule has 0 spiro atoms. The number of carbonyl (C=O) groups is 1. The molecule has 1 atom stereocenters. The molecule has 0 unspecified atom stereocenters. The highest BCUT2D eigenvalue weighted by Gasteiger charge is 2.49. The molecular weight excluding hydrogens is 636 g/mol. The maximum atomic E-state index is 13.4. The molecule has 3 aromatic rings. The van der Waals surface area contributed by atoms with Crippen LogP contribution in [0.3, 0.4) is 0 Å². The number of hydrogen-bond acceptors (Lipinski definition) is 7. The van der Waals surface area contributed by atoms with Gasteiger partial charge >= 0.3 is 0 Å². The number of amides is 1. The van der Waals surface area contributed by atoms with Crippen LogP contribution in [0, 0.1) is 5.92 Å². The number of nitrogens with zero attached hydrogens (tertiary/aromatic N) is 3. The molecule has 3 aromatic carbocycles. The highest BCUT2D eigenvalue weighted by Crippen LogP contribution is 2.43. The molecule has 0 bridgehead atoms. The van der Waals surface area contributed by atoms with Crippen molar-refractivity contribution in [2.45, 2.75) is 76.3 Å². The summed E-state index contributed by atoms with van der Waals surface area (Å²) in [5, 5.41) is 0. The van der Waals surface area contributed by atoms with Crippen LogP contribution in [0.2, 0.25) is 0 Å². The van der Waals surface area contributed by atoms with Crippen LogP contribution >= 0.6 is 0 Å². The molecule has 2 N–H and O–H groups in total. The number of nitrogens with two attached hydrogens (primary N) is 1. The smallest absolute Gasteiger partial charge is 0.232 e. The van der Waals surface area contributed by atoms with Gasteiger partial charge in [-0.1, -0.05) is 86.0 Å². The van der Waals surface area contributed by atoms with Crippen molar-refractivity contribution in [2.75, 3.05) is 73.2 Å². The van der Waals surface area contributed by atoms with Crippen molar-refractivity contribution < 1.29 is 19.0 Å². The standard InChI is InChI=1S/C43H62N4O4/c1-4-51-32-31-47(38-24-29-46(30-25-38)34-39-40(49-2)21-16-22-41(39)50-3)27-15-7-5-6-14-26-45-28-23-37(33-45)43(42(44)48,35-17-10-8-11-18-35)36-19-12-9-13-20-36/h8-13,16-22,37-38H,4-7,14-15,23-34H2,1-3H3,(H2,44,48)/t37-/m1/s1. The first-order valence-electron chi connectivity index (χ1n) is 19.4. The molecule has 0 radical (unpaired) electrons. The van der Waals surface area contributed by atoms with E-state index in [-0.39, 0.29) is 11.8 Å². The zero-order valence-electron chi connectivity index (χ0n) is 31.4. The van der Waals surface area contributed by atoms with Crippen molar-refractivity contribution in [3.05, 3.63) is 95.6 Å².